The molecule has 0 saturated carbocycles. The number of para-hydroxylation sites is 1. The van der Waals surface area contributed by atoms with Crippen LogP contribution in [0.5, 0.6) is 5.75 Å². The van der Waals surface area contributed by atoms with E-state index in [0.29, 0.717) is 6.54 Å². The Morgan fingerprint density at radius 2 is 1.77 bits per heavy atom. The van der Waals surface area contributed by atoms with Crippen molar-refractivity contribution < 1.29 is 13.9 Å². The molecule has 4 nitrogen and oxygen atoms in total. The van der Waals surface area contributed by atoms with Crippen LogP contribution in [0.3, 0.4) is 0 Å². The van der Waals surface area contributed by atoms with E-state index in [9.17, 15) is 9.18 Å². The molecule has 1 saturated heterocycles. The first-order chi connectivity index (χ1) is 14.8. The number of halogens is 1. The van der Waals surface area contributed by atoms with Gasteiger partial charge in [-0.1, -0.05) is 44.2 Å². The van der Waals surface area contributed by atoms with Gasteiger partial charge in [-0.05, 0) is 43.5 Å². The summed E-state index contributed by atoms with van der Waals surface area (Å²) in [5.74, 6) is 1.36. The molecule has 2 atom stereocenters. The van der Waals surface area contributed by atoms with Gasteiger partial charge in [0.2, 0.25) is 5.91 Å². The van der Waals surface area contributed by atoms with Crippen LogP contribution >= 0.6 is 0 Å². The molecule has 31 heavy (non-hydrogen) atoms. The summed E-state index contributed by atoms with van der Waals surface area (Å²) in [7, 11) is 1.70. The maximum absolute atomic E-state index is 13.6. The molecule has 1 amide bonds. The summed E-state index contributed by atoms with van der Waals surface area (Å²) in [4.78, 5) is 17.3. The van der Waals surface area contributed by atoms with Gasteiger partial charge in [-0.3, -0.25) is 9.69 Å². The van der Waals surface area contributed by atoms with Crippen LogP contribution in [0.2, 0.25) is 0 Å². The van der Waals surface area contributed by atoms with Gasteiger partial charge in [0, 0.05) is 49.6 Å². The zero-order valence-electron chi connectivity index (χ0n) is 19.3. The van der Waals surface area contributed by atoms with Crippen molar-refractivity contribution in [2.45, 2.75) is 46.2 Å². The van der Waals surface area contributed by atoms with Gasteiger partial charge in [0.05, 0.1) is 7.11 Å². The predicted molar refractivity (Wildman–Crippen MR) is 123 cm³/mol. The van der Waals surface area contributed by atoms with Crippen molar-refractivity contribution in [3.8, 4) is 5.75 Å². The molecular formula is C26H35FN2O2. The standard InChI is InChI=1S/C26H35FN2O2/c1-18(2)26(30)29(19(3)4)16-22-15-28(14-21-8-6-7-9-25(21)31-5)17-24(22)20-10-12-23(27)13-11-20/h6-13,18-19,22,24H,14-17H2,1-5H3. The molecule has 2 aromatic carbocycles. The van der Waals surface area contributed by atoms with Gasteiger partial charge in [-0.25, -0.2) is 4.39 Å². The van der Waals surface area contributed by atoms with Crippen molar-refractivity contribution >= 4 is 5.91 Å². The van der Waals surface area contributed by atoms with Gasteiger partial charge in [-0.15, -0.1) is 0 Å². The third kappa shape index (κ3) is 5.65. The minimum absolute atomic E-state index is 0.0299. The molecule has 2 aromatic rings. The highest BCUT2D eigenvalue weighted by atomic mass is 19.1. The number of hydrogen-bond donors (Lipinski definition) is 0. The SMILES string of the molecule is COc1ccccc1CN1CC(CN(C(=O)C(C)C)C(C)C)C(c2ccc(F)cc2)C1. The molecule has 0 spiro atoms. The van der Waals surface area contributed by atoms with Gasteiger partial charge >= 0.3 is 0 Å². The van der Waals surface area contributed by atoms with Crippen molar-refractivity contribution in [3.63, 3.8) is 0 Å². The molecular weight excluding hydrogens is 391 g/mol. The number of hydrogen-bond acceptors (Lipinski definition) is 3. The quantitative estimate of drug-likeness (QED) is 0.599. The molecule has 0 N–H and O–H groups in total. The molecule has 2 unspecified atom stereocenters. The molecule has 0 aromatic heterocycles. The molecule has 5 heteroatoms. The maximum atomic E-state index is 13.6. The number of benzene rings is 2. The van der Waals surface area contributed by atoms with Crippen LogP contribution in [-0.2, 0) is 11.3 Å². The number of amides is 1. The third-order valence-electron chi connectivity index (χ3n) is 6.23. The Bertz CT molecular complexity index is 866. The van der Waals surface area contributed by atoms with E-state index < -0.39 is 0 Å². The lowest BCUT2D eigenvalue weighted by molar-refractivity contribution is -0.136. The van der Waals surface area contributed by atoms with Crippen LogP contribution in [0.15, 0.2) is 48.5 Å². The zero-order valence-corrected chi connectivity index (χ0v) is 19.3. The summed E-state index contributed by atoms with van der Waals surface area (Å²) in [5, 5.41) is 0. The van der Waals surface area contributed by atoms with E-state index in [4.69, 9.17) is 4.74 Å². The van der Waals surface area contributed by atoms with E-state index in [2.05, 4.69) is 24.8 Å². The lowest BCUT2D eigenvalue weighted by Crippen LogP contribution is -2.43. The van der Waals surface area contributed by atoms with E-state index in [1.807, 2.05) is 49.1 Å². The fraction of sp³-hybridized carbons (Fsp3) is 0.500. The van der Waals surface area contributed by atoms with Crippen molar-refractivity contribution in [1.29, 1.82) is 0 Å². The van der Waals surface area contributed by atoms with Gasteiger partial charge < -0.3 is 9.64 Å². The second-order valence-corrected chi connectivity index (χ2v) is 9.16. The van der Waals surface area contributed by atoms with Gasteiger partial charge in [0.25, 0.3) is 0 Å². The number of rotatable bonds is 8. The molecule has 0 radical (unpaired) electrons. The van der Waals surface area contributed by atoms with Crippen LogP contribution in [0, 0.1) is 17.7 Å². The van der Waals surface area contributed by atoms with E-state index in [0.717, 1.165) is 36.5 Å². The highest BCUT2D eigenvalue weighted by molar-refractivity contribution is 5.78. The Morgan fingerprint density at radius 1 is 1.10 bits per heavy atom. The number of carbonyl (C=O) groups excluding carboxylic acids is 1. The van der Waals surface area contributed by atoms with Crippen molar-refractivity contribution in [1.82, 2.24) is 9.80 Å². The molecule has 3 rings (SSSR count). The predicted octanol–water partition coefficient (Wildman–Crippen LogP) is 4.94. The molecule has 1 aliphatic rings. The average Bonchev–Trinajstić information content (AvgIpc) is 3.14. The second-order valence-electron chi connectivity index (χ2n) is 9.16. The third-order valence-corrected chi connectivity index (χ3v) is 6.23. The summed E-state index contributed by atoms with van der Waals surface area (Å²) < 4.78 is 19.1. The van der Waals surface area contributed by atoms with Crippen LogP contribution in [0.4, 0.5) is 4.39 Å². The lowest BCUT2D eigenvalue weighted by Gasteiger charge is -2.33. The normalized spacial score (nSPS) is 19.2. The number of methoxy groups -OCH3 is 1. The molecule has 1 fully saturated rings. The first-order valence-electron chi connectivity index (χ1n) is 11.2. The molecule has 1 aliphatic heterocycles. The van der Waals surface area contributed by atoms with Crippen LogP contribution in [0.25, 0.3) is 0 Å². The van der Waals surface area contributed by atoms with Gasteiger partial charge in [0.1, 0.15) is 11.6 Å². The monoisotopic (exact) mass is 426 g/mol. The topological polar surface area (TPSA) is 32.8 Å². The first-order valence-corrected chi connectivity index (χ1v) is 11.2. The Labute approximate surface area is 186 Å². The van der Waals surface area contributed by atoms with E-state index in [1.54, 1.807) is 7.11 Å². The molecule has 1 heterocycles. The largest absolute Gasteiger partial charge is 0.496 e. The molecule has 0 bridgehead atoms. The van der Waals surface area contributed by atoms with Crippen LogP contribution in [0.1, 0.15) is 44.7 Å². The van der Waals surface area contributed by atoms with Gasteiger partial charge in [-0.2, -0.15) is 0 Å². The Morgan fingerprint density at radius 3 is 2.39 bits per heavy atom. The minimum atomic E-state index is -0.219. The van der Waals surface area contributed by atoms with E-state index in [1.165, 1.54) is 12.1 Å². The lowest BCUT2D eigenvalue weighted by atomic mass is 9.88. The van der Waals surface area contributed by atoms with E-state index in [-0.39, 0.29) is 35.5 Å². The van der Waals surface area contributed by atoms with Crippen molar-refractivity contribution in [2.24, 2.45) is 11.8 Å². The highest BCUT2D eigenvalue weighted by Gasteiger charge is 2.36. The van der Waals surface area contributed by atoms with Crippen molar-refractivity contribution in [2.75, 3.05) is 26.7 Å². The Kier molecular flexibility index (Phi) is 7.71. The first kappa shape index (κ1) is 23.3. The van der Waals surface area contributed by atoms with Crippen molar-refractivity contribution in [3.05, 3.63) is 65.5 Å². The Balaban J connectivity index is 1.84. The smallest absolute Gasteiger partial charge is 0.225 e. The highest BCUT2D eigenvalue weighted by Crippen LogP contribution is 2.35. The molecule has 0 aliphatic carbocycles. The summed E-state index contributed by atoms with van der Waals surface area (Å²) in [6.07, 6.45) is 0. The number of likely N-dealkylation sites (tertiary alicyclic amines) is 1. The Hall–Kier alpha value is -2.40. The fourth-order valence-corrected chi connectivity index (χ4v) is 4.58. The second kappa shape index (κ2) is 10.3. The summed E-state index contributed by atoms with van der Waals surface area (Å²) in [5.41, 5.74) is 2.29. The number of carbonyl (C=O) groups is 1. The minimum Gasteiger partial charge on any atom is -0.496 e. The fourth-order valence-electron chi connectivity index (χ4n) is 4.58. The zero-order chi connectivity index (χ0) is 22.5. The van der Waals surface area contributed by atoms with Gasteiger partial charge in [0.15, 0.2) is 0 Å². The summed E-state index contributed by atoms with van der Waals surface area (Å²) in [6.45, 7) is 11.3. The number of ether oxygens (including phenoxy) is 1. The maximum Gasteiger partial charge on any atom is 0.225 e. The van der Waals surface area contributed by atoms with E-state index >= 15 is 0 Å². The van der Waals surface area contributed by atoms with Crippen LogP contribution in [-0.4, -0.2) is 48.5 Å². The summed E-state index contributed by atoms with van der Waals surface area (Å²) >= 11 is 0. The van der Waals surface area contributed by atoms with Crippen LogP contribution < -0.4 is 4.74 Å². The summed E-state index contributed by atoms with van der Waals surface area (Å²) in [6, 6.07) is 15.1. The molecule has 168 valence electrons. The number of nitrogens with zero attached hydrogens (tertiary/aromatic N) is 2. The average molecular weight is 427 g/mol.